The largest absolute Gasteiger partial charge is 0.341 e. The van der Waals surface area contributed by atoms with E-state index in [1.807, 2.05) is 36.4 Å². The molecule has 0 bridgehead atoms. The minimum Gasteiger partial charge on any atom is -0.341 e. The Kier molecular flexibility index (Phi) is 2.80. The second kappa shape index (κ2) is 4.70. The van der Waals surface area contributed by atoms with Gasteiger partial charge in [-0.3, -0.25) is 4.79 Å². The van der Waals surface area contributed by atoms with Crippen LogP contribution in [0.15, 0.2) is 54.6 Å². The van der Waals surface area contributed by atoms with Crippen LogP contribution in [0.1, 0.15) is 28.7 Å². The topological polar surface area (TPSA) is 22.0 Å². The Morgan fingerprint density at radius 1 is 0.864 bits per heavy atom. The van der Waals surface area contributed by atoms with Gasteiger partial charge in [0.15, 0.2) is 0 Å². The number of carbonyl (C=O) groups excluding carboxylic acids is 1. The summed E-state index contributed by atoms with van der Waals surface area (Å²) in [7, 11) is 0. The van der Waals surface area contributed by atoms with Gasteiger partial charge in [0.25, 0.3) is 0 Å². The Morgan fingerprint density at radius 2 is 1.50 bits per heavy atom. The van der Waals surface area contributed by atoms with Gasteiger partial charge in [0.05, 0.1) is 5.69 Å². The highest BCUT2D eigenvalue weighted by Crippen LogP contribution is 2.46. The van der Waals surface area contributed by atoms with Crippen molar-refractivity contribution in [2.75, 3.05) is 0 Å². The number of hydrogen-bond acceptors (Lipinski definition) is 1. The number of rotatable bonds is 2. The average Bonchev–Trinajstić information content (AvgIpc) is 3.01. The summed E-state index contributed by atoms with van der Waals surface area (Å²) in [4.78, 5) is 12.8. The molecule has 0 unspecified atom stereocenters. The van der Waals surface area contributed by atoms with Crippen molar-refractivity contribution < 1.29 is 4.79 Å². The number of carbonyl (C=O) groups is 1. The van der Waals surface area contributed by atoms with Crippen LogP contribution < -0.4 is 0 Å². The Hall–Kier alpha value is -2.61. The molecule has 1 heterocycles. The molecule has 4 rings (SSSR count). The maximum absolute atomic E-state index is 12.8. The molecule has 1 aliphatic carbocycles. The van der Waals surface area contributed by atoms with Gasteiger partial charge in [-0.1, -0.05) is 54.6 Å². The summed E-state index contributed by atoms with van der Waals surface area (Å²) in [6.45, 7) is 5.01. The summed E-state index contributed by atoms with van der Waals surface area (Å²) >= 11 is 0. The third-order valence-electron chi connectivity index (χ3n) is 4.56. The lowest BCUT2D eigenvalue weighted by atomic mass is 9.97. The van der Waals surface area contributed by atoms with Crippen molar-refractivity contribution >= 4 is 5.78 Å². The highest BCUT2D eigenvalue weighted by Gasteiger charge is 2.34. The van der Waals surface area contributed by atoms with E-state index in [9.17, 15) is 4.79 Å². The molecule has 0 N–H and O–H groups in total. The summed E-state index contributed by atoms with van der Waals surface area (Å²) in [5.74, 6) is 0.151. The van der Waals surface area contributed by atoms with Crippen LogP contribution in [-0.4, -0.2) is 10.4 Å². The molecule has 0 fully saturated rings. The van der Waals surface area contributed by atoms with Gasteiger partial charge in [0.1, 0.15) is 0 Å². The predicted molar refractivity (Wildman–Crippen MR) is 89.1 cm³/mol. The van der Waals surface area contributed by atoms with Gasteiger partial charge in [-0.25, -0.2) is 0 Å². The minimum absolute atomic E-state index is 0.151. The highest BCUT2D eigenvalue weighted by atomic mass is 16.1. The summed E-state index contributed by atoms with van der Waals surface area (Å²) in [6, 6.07) is 18.3. The second-order valence-corrected chi connectivity index (χ2v) is 5.67. The van der Waals surface area contributed by atoms with Crippen molar-refractivity contribution in [1.82, 2.24) is 4.57 Å². The molecule has 3 aromatic rings. The normalized spacial score (nSPS) is 12.4. The number of fused-ring (bicyclic) bond motifs is 3. The summed E-state index contributed by atoms with van der Waals surface area (Å²) in [6.07, 6.45) is 0. The van der Waals surface area contributed by atoms with Crippen LogP contribution in [0.5, 0.6) is 0 Å². The van der Waals surface area contributed by atoms with Gasteiger partial charge < -0.3 is 4.57 Å². The standard InChI is InChI=1S/C20H17NO/c1-3-21-13(2)17(14-9-5-4-6-10-14)18-15-11-7-8-12-16(15)20(22)19(18)21/h4-12H,3H2,1-2H3. The first kappa shape index (κ1) is 13.1. The van der Waals surface area contributed by atoms with Crippen LogP contribution in [0, 0.1) is 6.92 Å². The SMILES string of the molecule is CCn1c(C)c(-c2ccccc2)c2c1C(=O)c1ccccc1-2. The fraction of sp³-hybridized carbons (Fsp3) is 0.150. The van der Waals surface area contributed by atoms with Crippen LogP contribution in [0.3, 0.4) is 0 Å². The van der Waals surface area contributed by atoms with E-state index in [-0.39, 0.29) is 5.78 Å². The quantitative estimate of drug-likeness (QED) is 0.524. The van der Waals surface area contributed by atoms with E-state index in [1.165, 1.54) is 16.8 Å². The van der Waals surface area contributed by atoms with Gasteiger partial charge in [-0.2, -0.15) is 0 Å². The molecule has 0 atom stereocenters. The van der Waals surface area contributed by atoms with Crippen molar-refractivity contribution in [1.29, 1.82) is 0 Å². The first-order valence-corrected chi connectivity index (χ1v) is 7.66. The third-order valence-corrected chi connectivity index (χ3v) is 4.56. The number of nitrogens with zero attached hydrogens (tertiary/aromatic N) is 1. The Labute approximate surface area is 130 Å². The zero-order valence-corrected chi connectivity index (χ0v) is 12.8. The molecule has 0 radical (unpaired) electrons. The molecule has 2 heteroatoms. The van der Waals surface area contributed by atoms with E-state index in [4.69, 9.17) is 0 Å². The van der Waals surface area contributed by atoms with E-state index in [0.29, 0.717) is 0 Å². The maximum Gasteiger partial charge on any atom is 0.210 e. The Balaban J connectivity index is 2.12. The van der Waals surface area contributed by atoms with Gasteiger partial charge in [0, 0.05) is 28.9 Å². The Morgan fingerprint density at radius 3 is 2.18 bits per heavy atom. The predicted octanol–water partition coefficient (Wildman–Crippen LogP) is 4.69. The van der Waals surface area contributed by atoms with Gasteiger partial charge >= 0.3 is 0 Å². The molecular formula is C20H17NO. The molecule has 22 heavy (non-hydrogen) atoms. The lowest BCUT2D eigenvalue weighted by Gasteiger charge is -2.09. The van der Waals surface area contributed by atoms with Gasteiger partial charge in [-0.05, 0) is 25.0 Å². The van der Waals surface area contributed by atoms with Crippen LogP contribution in [0.4, 0.5) is 0 Å². The molecule has 2 nitrogen and oxygen atoms in total. The molecule has 108 valence electrons. The van der Waals surface area contributed by atoms with E-state index < -0.39 is 0 Å². The number of hydrogen-bond donors (Lipinski definition) is 0. The second-order valence-electron chi connectivity index (χ2n) is 5.67. The third kappa shape index (κ3) is 1.58. The summed E-state index contributed by atoms with van der Waals surface area (Å²) in [5.41, 5.74) is 7.37. The number of aromatic nitrogens is 1. The maximum atomic E-state index is 12.8. The van der Waals surface area contributed by atoms with Gasteiger partial charge in [-0.15, -0.1) is 0 Å². The smallest absolute Gasteiger partial charge is 0.210 e. The van der Waals surface area contributed by atoms with Crippen molar-refractivity contribution in [3.63, 3.8) is 0 Å². The first-order chi connectivity index (χ1) is 10.7. The van der Waals surface area contributed by atoms with E-state index in [2.05, 4.69) is 36.6 Å². The van der Waals surface area contributed by atoms with Crippen molar-refractivity contribution in [3.05, 3.63) is 71.5 Å². The van der Waals surface area contributed by atoms with Crippen LogP contribution in [0.25, 0.3) is 22.3 Å². The fourth-order valence-corrected chi connectivity index (χ4v) is 3.62. The molecule has 2 aromatic carbocycles. The lowest BCUT2D eigenvalue weighted by molar-refractivity contribution is 0.103. The molecule has 0 saturated carbocycles. The van der Waals surface area contributed by atoms with Crippen molar-refractivity contribution in [2.24, 2.45) is 0 Å². The monoisotopic (exact) mass is 287 g/mol. The van der Waals surface area contributed by atoms with Gasteiger partial charge in [0.2, 0.25) is 5.78 Å². The zero-order chi connectivity index (χ0) is 15.3. The average molecular weight is 287 g/mol. The summed E-state index contributed by atoms with van der Waals surface area (Å²) < 4.78 is 2.15. The Bertz CT molecular complexity index is 888. The van der Waals surface area contributed by atoms with Crippen molar-refractivity contribution in [3.8, 4) is 22.3 Å². The summed E-state index contributed by atoms with van der Waals surface area (Å²) in [5, 5.41) is 0. The van der Waals surface area contributed by atoms with Crippen LogP contribution >= 0.6 is 0 Å². The van der Waals surface area contributed by atoms with E-state index in [0.717, 1.165) is 28.9 Å². The minimum atomic E-state index is 0.151. The molecule has 0 amide bonds. The van der Waals surface area contributed by atoms with Crippen LogP contribution in [-0.2, 0) is 6.54 Å². The highest BCUT2D eigenvalue weighted by molar-refractivity contribution is 6.23. The molecule has 0 aliphatic heterocycles. The first-order valence-electron chi connectivity index (χ1n) is 7.66. The zero-order valence-electron chi connectivity index (χ0n) is 12.8. The molecule has 0 saturated heterocycles. The fourth-order valence-electron chi connectivity index (χ4n) is 3.62. The van der Waals surface area contributed by atoms with E-state index in [1.54, 1.807) is 0 Å². The molecule has 1 aromatic heterocycles. The molecule has 1 aliphatic rings. The number of ketones is 1. The molecular weight excluding hydrogens is 270 g/mol. The molecule has 0 spiro atoms. The van der Waals surface area contributed by atoms with E-state index >= 15 is 0 Å². The lowest BCUT2D eigenvalue weighted by Crippen LogP contribution is -2.07. The number of benzene rings is 2. The van der Waals surface area contributed by atoms with Crippen LogP contribution in [0.2, 0.25) is 0 Å². The van der Waals surface area contributed by atoms with Crippen molar-refractivity contribution in [2.45, 2.75) is 20.4 Å².